The summed E-state index contributed by atoms with van der Waals surface area (Å²) in [6.45, 7) is 1.87. The van der Waals surface area contributed by atoms with E-state index in [-0.39, 0.29) is 17.9 Å². The number of nitrogens with zero attached hydrogens (tertiary/aromatic N) is 1. The predicted octanol–water partition coefficient (Wildman–Crippen LogP) is 3.12. The molecule has 1 heterocycles. The molecule has 1 saturated carbocycles. The summed E-state index contributed by atoms with van der Waals surface area (Å²) in [4.78, 5) is 26.9. The van der Waals surface area contributed by atoms with E-state index in [1.54, 1.807) is 14.2 Å². The molecule has 1 saturated heterocycles. The Balaban J connectivity index is 1.37. The van der Waals surface area contributed by atoms with Crippen LogP contribution in [0.3, 0.4) is 0 Å². The van der Waals surface area contributed by atoms with Crippen molar-refractivity contribution in [2.45, 2.75) is 57.4 Å². The van der Waals surface area contributed by atoms with Crippen LogP contribution in [0.15, 0.2) is 18.2 Å². The SMILES string of the molecule is COc1ccc(CCNC(=O)C2CCN(C(=O)NC3CCCCC3)CC2)cc1OC. The van der Waals surface area contributed by atoms with Crippen LogP contribution < -0.4 is 20.1 Å². The highest BCUT2D eigenvalue weighted by Crippen LogP contribution is 2.27. The lowest BCUT2D eigenvalue weighted by Crippen LogP contribution is -2.49. The van der Waals surface area contributed by atoms with Crippen molar-refractivity contribution in [2.24, 2.45) is 5.92 Å². The highest BCUT2D eigenvalue weighted by molar-refractivity contribution is 5.79. The Labute approximate surface area is 179 Å². The number of ether oxygens (including phenoxy) is 2. The van der Waals surface area contributed by atoms with Gasteiger partial charge in [-0.05, 0) is 49.8 Å². The fourth-order valence-electron chi connectivity index (χ4n) is 4.37. The van der Waals surface area contributed by atoms with Gasteiger partial charge < -0.3 is 25.0 Å². The van der Waals surface area contributed by atoms with Gasteiger partial charge in [0.05, 0.1) is 14.2 Å². The number of likely N-dealkylation sites (tertiary alicyclic amines) is 1. The van der Waals surface area contributed by atoms with Gasteiger partial charge in [-0.2, -0.15) is 0 Å². The molecule has 2 aliphatic rings. The molecule has 0 unspecified atom stereocenters. The molecule has 0 atom stereocenters. The summed E-state index contributed by atoms with van der Waals surface area (Å²) in [6, 6.07) is 6.16. The molecule has 30 heavy (non-hydrogen) atoms. The third kappa shape index (κ3) is 6.03. The first-order chi connectivity index (χ1) is 14.6. The molecule has 7 heteroatoms. The number of methoxy groups -OCH3 is 2. The lowest BCUT2D eigenvalue weighted by atomic mass is 9.95. The van der Waals surface area contributed by atoms with E-state index < -0.39 is 0 Å². The number of nitrogens with one attached hydrogen (secondary N) is 2. The number of hydrogen-bond donors (Lipinski definition) is 2. The van der Waals surface area contributed by atoms with Crippen LogP contribution in [0.5, 0.6) is 11.5 Å². The van der Waals surface area contributed by atoms with E-state index in [0.29, 0.717) is 37.2 Å². The van der Waals surface area contributed by atoms with Crippen LogP contribution in [0.1, 0.15) is 50.5 Å². The molecular formula is C23H35N3O4. The number of amides is 3. The lowest BCUT2D eigenvalue weighted by molar-refractivity contribution is -0.126. The van der Waals surface area contributed by atoms with E-state index in [4.69, 9.17) is 9.47 Å². The zero-order valence-corrected chi connectivity index (χ0v) is 18.2. The molecule has 2 N–H and O–H groups in total. The van der Waals surface area contributed by atoms with Crippen LogP contribution in [-0.2, 0) is 11.2 Å². The highest BCUT2D eigenvalue weighted by atomic mass is 16.5. The van der Waals surface area contributed by atoms with Crippen LogP contribution in [0.2, 0.25) is 0 Å². The number of carbonyl (C=O) groups excluding carboxylic acids is 2. The molecule has 0 aromatic heterocycles. The van der Waals surface area contributed by atoms with E-state index in [1.807, 2.05) is 23.1 Å². The fourth-order valence-corrected chi connectivity index (χ4v) is 4.37. The molecule has 0 bridgehead atoms. The second-order valence-electron chi connectivity index (χ2n) is 8.28. The quantitative estimate of drug-likeness (QED) is 0.714. The molecule has 3 rings (SSSR count). The Morgan fingerprint density at radius 2 is 1.70 bits per heavy atom. The molecule has 1 aliphatic heterocycles. The maximum absolute atomic E-state index is 12.5. The average Bonchev–Trinajstić information content (AvgIpc) is 2.79. The first-order valence-electron chi connectivity index (χ1n) is 11.1. The van der Waals surface area contributed by atoms with Crippen LogP contribution in [0.4, 0.5) is 4.79 Å². The van der Waals surface area contributed by atoms with E-state index in [9.17, 15) is 9.59 Å². The van der Waals surface area contributed by atoms with Crippen molar-refractivity contribution < 1.29 is 19.1 Å². The molecule has 0 radical (unpaired) electrons. The molecule has 1 aliphatic carbocycles. The summed E-state index contributed by atoms with van der Waals surface area (Å²) in [6.07, 6.45) is 8.04. The second kappa shape index (κ2) is 11.1. The topological polar surface area (TPSA) is 79.9 Å². The van der Waals surface area contributed by atoms with E-state index in [0.717, 1.165) is 37.7 Å². The first kappa shape index (κ1) is 22.2. The van der Waals surface area contributed by atoms with Gasteiger partial charge in [0, 0.05) is 31.6 Å². The monoisotopic (exact) mass is 417 g/mol. The van der Waals surface area contributed by atoms with Crippen LogP contribution in [-0.4, -0.2) is 56.7 Å². The molecule has 2 fully saturated rings. The second-order valence-corrected chi connectivity index (χ2v) is 8.28. The number of hydrogen-bond acceptors (Lipinski definition) is 4. The zero-order chi connectivity index (χ0) is 21.3. The van der Waals surface area contributed by atoms with Crippen molar-refractivity contribution in [3.05, 3.63) is 23.8 Å². The summed E-state index contributed by atoms with van der Waals surface area (Å²) < 4.78 is 10.6. The van der Waals surface area contributed by atoms with E-state index >= 15 is 0 Å². The first-order valence-corrected chi connectivity index (χ1v) is 11.1. The number of piperidine rings is 1. The molecule has 1 aromatic rings. The van der Waals surface area contributed by atoms with Gasteiger partial charge in [0.25, 0.3) is 0 Å². The van der Waals surface area contributed by atoms with Crippen molar-refractivity contribution >= 4 is 11.9 Å². The summed E-state index contributed by atoms with van der Waals surface area (Å²) in [5.74, 6) is 1.46. The normalized spacial score (nSPS) is 18.0. The fraction of sp³-hybridized carbons (Fsp3) is 0.652. The summed E-state index contributed by atoms with van der Waals surface area (Å²) in [5, 5.41) is 6.22. The number of rotatable bonds is 7. The Hall–Kier alpha value is -2.44. The van der Waals surface area contributed by atoms with Gasteiger partial charge >= 0.3 is 6.03 Å². The van der Waals surface area contributed by atoms with Gasteiger partial charge in [-0.25, -0.2) is 4.79 Å². The Morgan fingerprint density at radius 1 is 1.00 bits per heavy atom. The summed E-state index contributed by atoms with van der Waals surface area (Å²) in [7, 11) is 3.23. The average molecular weight is 418 g/mol. The van der Waals surface area contributed by atoms with Crippen molar-refractivity contribution in [1.82, 2.24) is 15.5 Å². The van der Waals surface area contributed by atoms with Crippen LogP contribution in [0.25, 0.3) is 0 Å². The van der Waals surface area contributed by atoms with Gasteiger partial charge in [-0.1, -0.05) is 25.3 Å². The predicted molar refractivity (Wildman–Crippen MR) is 116 cm³/mol. The summed E-state index contributed by atoms with van der Waals surface area (Å²) in [5.41, 5.74) is 1.09. The van der Waals surface area contributed by atoms with Gasteiger partial charge in [0.1, 0.15) is 0 Å². The van der Waals surface area contributed by atoms with Crippen LogP contribution >= 0.6 is 0 Å². The van der Waals surface area contributed by atoms with E-state index in [1.165, 1.54) is 19.3 Å². The molecule has 166 valence electrons. The smallest absolute Gasteiger partial charge is 0.317 e. The number of carbonyl (C=O) groups is 2. The number of benzene rings is 1. The third-order valence-corrected chi connectivity index (χ3v) is 6.25. The lowest BCUT2D eigenvalue weighted by Gasteiger charge is -2.33. The molecule has 1 aromatic carbocycles. The van der Waals surface area contributed by atoms with Crippen molar-refractivity contribution in [2.75, 3.05) is 33.9 Å². The maximum atomic E-state index is 12.5. The molecule has 3 amide bonds. The van der Waals surface area contributed by atoms with Gasteiger partial charge in [-0.15, -0.1) is 0 Å². The van der Waals surface area contributed by atoms with Gasteiger partial charge in [0.15, 0.2) is 11.5 Å². The van der Waals surface area contributed by atoms with E-state index in [2.05, 4.69) is 10.6 Å². The van der Waals surface area contributed by atoms with Crippen molar-refractivity contribution in [3.8, 4) is 11.5 Å². The Bertz CT molecular complexity index is 710. The molecule has 0 spiro atoms. The Kier molecular flexibility index (Phi) is 8.22. The zero-order valence-electron chi connectivity index (χ0n) is 18.2. The maximum Gasteiger partial charge on any atom is 0.317 e. The van der Waals surface area contributed by atoms with Gasteiger partial charge in [0.2, 0.25) is 5.91 Å². The minimum Gasteiger partial charge on any atom is -0.493 e. The number of urea groups is 1. The largest absolute Gasteiger partial charge is 0.493 e. The minimum absolute atomic E-state index is 0.0193. The summed E-state index contributed by atoms with van der Waals surface area (Å²) >= 11 is 0. The Morgan fingerprint density at radius 3 is 2.37 bits per heavy atom. The van der Waals surface area contributed by atoms with Crippen molar-refractivity contribution in [1.29, 1.82) is 0 Å². The minimum atomic E-state index is -0.0193. The van der Waals surface area contributed by atoms with Crippen LogP contribution in [0, 0.1) is 5.92 Å². The van der Waals surface area contributed by atoms with Gasteiger partial charge in [-0.3, -0.25) is 4.79 Å². The van der Waals surface area contributed by atoms with Crippen molar-refractivity contribution in [3.63, 3.8) is 0 Å². The molecule has 7 nitrogen and oxygen atoms in total. The highest BCUT2D eigenvalue weighted by Gasteiger charge is 2.28. The third-order valence-electron chi connectivity index (χ3n) is 6.25. The standard InChI is InChI=1S/C23H35N3O4/c1-29-20-9-8-17(16-21(20)30-2)10-13-24-22(27)18-11-14-26(15-12-18)23(28)25-19-6-4-3-5-7-19/h8-9,16,18-19H,3-7,10-15H2,1-2H3,(H,24,27)(H,25,28). The molecular weight excluding hydrogens is 382 g/mol.